The Bertz CT molecular complexity index is 770. The number of aromatic nitrogens is 1. The lowest BCUT2D eigenvalue weighted by atomic mass is 9.91. The predicted octanol–water partition coefficient (Wildman–Crippen LogP) is 2.46. The van der Waals surface area contributed by atoms with Crippen LogP contribution in [0.5, 0.6) is 5.75 Å². The molecule has 1 amide bonds. The van der Waals surface area contributed by atoms with Crippen molar-refractivity contribution in [2.45, 2.75) is 32.1 Å². The molecule has 23 heavy (non-hydrogen) atoms. The number of ether oxygens (including phenoxy) is 1. The van der Waals surface area contributed by atoms with Crippen LogP contribution in [0.25, 0.3) is 0 Å². The van der Waals surface area contributed by atoms with E-state index < -0.39 is 0 Å². The largest absolute Gasteiger partial charge is 0.493 e. The second-order valence-electron chi connectivity index (χ2n) is 6.50. The zero-order valence-electron chi connectivity index (χ0n) is 13.0. The van der Waals surface area contributed by atoms with E-state index in [-0.39, 0.29) is 5.91 Å². The maximum absolute atomic E-state index is 11.8. The van der Waals surface area contributed by atoms with Crippen molar-refractivity contribution in [3.8, 4) is 5.75 Å². The third-order valence-corrected chi connectivity index (χ3v) is 4.83. The SMILES string of the molecule is NC(=O)c1cc2c(nc1C[C@@H]1COc3ccccc3C1)CCC2. The van der Waals surface area contributed by atoms with E-state index in [1.807, 2.05) is 24.3 Å². The van der Waals surface area contributed by atoms with E-state index in [0.29, 0.717) is 18.1 Å². The lowest BCUT2D eigenvalue weighted by molar-refractivity contribution is 0.0998. The lowest BCUT2D eigenvalue weighted by Crippen LogP contribution is -2.25. The van der Waals surface area contributed by atoms with Gasteiger partial charge in [-0.25, -0.2) is 0 Å². The van der Waals surface area contributed by atoms with Gasteiger partial charge in [-0.05, 0) is 55.4 Å². The summed E-state index contributed by atoms with van der Waals surface area (Å²) < 4.78 is 5.86. The third kappa shape index (κ3) is 2.69. The zero-order valence-corrected chi connectivity index (χ0v) is 13.0. The fraction of sp³-hybridized carbons (Fsp3) is 0.368. The van der Waals surface area contributed by atoms with Crippen molar-refractivity contribution in [3.63, 3.8) is 0 Å². The smallest absolute Gasteiger partial charge is 0.250 e. The number of carbonyl (C=O) groups excluding carboxylic acids is 1. The first-order chi connectivity index (χ1) is 11.2. The van der Waals surface area contributed by atoms with E-state index in [0.717, 1.165) is 49.2 Å². The summed E-state index contributed by atoms with van der Waals surface area (Å²) in [7, 11) is 0. The minimum atomic E-state index is -0.376. The van der Waals surface area contributed by atoms with Gasteiger partial charge in [-0.15, -0.1) is 0 Å². The van der Waals surface area contributed by atoms with Crippen LogP contribution < -0.4 is 10.5 Å². The first-order valence-corrected chi connectivity index (χ1v) is 8.23. The van der Waals surface area contributed by atoms with Crippen LogP contribution in [0.3, 0.4) is 0 Å². The van der Waals surface area contributed by atoms with Gasteiger partial charge in [-0.3, -0.25) is 9.78 Å². The second kappa shape index (κ2) is 5.69. The van der Waals surface area contributed by atoms with E-state index in [9.17, 15) is 4.79 Å². The van der Waals surface area contributed by atoms with Crippen molar-refractivity contribution >= 4 is 5.91 Å². The molecule has 4 rings (SSSR count). The monoisotopic (exact) mass is 308 g/mol. The van der Waals surface area contributed by atoms with Gasteiger partial charge in [0.25, 0.3) is 5.91 Å². The molecule has 1 aromatic heterocycles. The molecule has 1 aliphatic carbocycles. The number of carbonyl (C=O) groups is 1. The predicted molar refractivity (Wildman–Crippen MR) is 87.6 cm³/mol. The number of fused-ring (bicyclic) bond motifs is 2. The molecule has 0 fully saturated rings. The minimum absolute atomic E-state index is 0.329. The summed E-state index contributed by atoms with van der Waals surface area (Å²) in [5.41, 5.74) is 10.6. The molecule has 1 aliphatic heterocycles. The Morgan fingerprint density at radius 2 is 2.13 bits per heavy atom. The molecular weight excluding hydrogens is 288 g/mol. The van der Waals surface area contributed by atoms with Crippen LogP contribution in [0.1, 0.15) is 39.3 Å². The van der Waals surface area contributed by atoms with Crippen molar-refractivity contribution in [3.05, 3.63) is 58.4 Å². The van der Waals surface area contributed by atoms with Crippen molar-refractivity contribution in [1.29, 1.82) is 0 Å². The number of primary amides is 1. The number of rotatable bonds is 3. The molecule has 2 aliphatic rings. The van der Waals surface area contributed by atoms with Crippen LogP contribution in [-0.2, 0) is 25.7 Å². The molecule has 2 heterocycles. The van der Waals surface area contributed by atoms with Gasteiger partial charge >= 0.3 is 0 Å². The summed E-state index contributed by atoms with van der Waals surface area (Å²) in [6.07, 6.45) is 4.81. The van der Waals surface area contributed by atoms with Gasteiger partial charge < -0.3 is 10.5 Å². The van der Waals surface area contributed by atoms with Crippen molar-refractivity contribution < 1.29 is 9.53 Å². The van der Waals surface area contributed by atoms with Gasteiger partial charge in [-0.2, -0.15) is 0 Å². The van der Waals surface area contributed by atoms with Gasteiger partial charge in [0.15, 0.2) is 0 Å². The molecule has 2 N–H and O–H groups in total. The van der Waals surface area contributed by atoms with Gasteiger partial charge in [0.05, 0.1) is 17.9 Å². The number of amides is 1. The molecule has 0 unspecified atom stereocenters. The summed E-state index contributed by atoms with van der Waals surface area (Å²) in [5.74, 6) is 0.926. The maximum atomic E-state index is 11.8. The van der Waals surface area contributed by atoms with Crippen LogP contribution in [0, 0.1) is 5.92 Å². The van der Waals surface area contributed by atoms with E-state index in [1.54, 1.807) is 0 Å². The number of hydrogen-bond acceptors (Lipinski definition) is 3. The number of hydrogen-bond donors (Lipinski definition) is 1. The number of pyridine rings is 1. The average Bonchev–Trinajstić information content (AvgIpc) is 3.01. The highest BCUT2D eigenvalue weighted by Crippen LogP contribution is 2.30. The summed E-state index contributed by atoms with van der Waals surface area (Å²) in [6.45, 7) is 0.661. The Morgan fingerprint density at radius 3 is 3.00 bits per heavy atom. The van der Waals surface area contributed by atoms with E-state index in [2.05, 4.69) is 6.07 Å². The number of nitrogens with zero attached hydrogens (tertiary/aromatic N) is 1. The molecule has 4 heteroatoms. The van der Waals surface area contributed by atoms with Gasteiger partial charge in [0, 0.05) is 11.6 Å². The highest BCUT2D eigenvalue weighted by Gasteiger charge is 2.24. The standard InChI is InChI=1S/C19H20N2O2/c20-19(22)15-10-13-5-3-6-16(13)21-17(15)9-12-8-14-4-1-2-7-18(14)23-11-12/h1-2,4,7,10,12H,3,5-6,8-9,11H2,(H2,20,22)/t12-/m1/s1. The molecule has 1 atom stereocenters. The Kier molecular flexibility index (Phi) is 3.52. The van der Waals surface area contributed by atoms with Crippen molar-refractivity contribution in [2.24, 2.45) is 11.7 Å². The first kappa shape index (κ1) is 14.2. The summed E-state index contributed by atoms with van der Waals surface area (Å²) in [4.78, 5) is 16.6. The Morgan fingerprint density at radius 1 is 1.26 bits per heavy atom. The van der Waals surface area contributed by atoms with Crippen LogP contribution >= 0.6 is 0 Å². The lowest BCUT2D eigenvalue weighted by Gasteiger charge is -2.25. The van der Waals surface area contributed by atoms with Crippen LogP contribution in [0.2, 0.25) is 0 Å². The van der Waals surface area contributed by atoms with E-state index in [4.69, 9.17) is 15.5 Å². The van der Waals surface area contributed by atoms with Gasteiger partial charge in [0.2, 0.25) is 0 Å². The molecule has 0 radical (unpaired) electrons. The Hall–Kier alpha value is -2.36. The molecule has 0 spiro atoms. The Labute approximate surface area is 135 Å². The summed E-state index contributed by atoms with van der Waals surface area (Å²) in [5, 5.41) is 0. The van der Waals surface area contributed by atoms with Crippen molar-refractivity contribution in [1.82, 2.24) is 4.98 Å². The molecule has 4 nitrogen and oxygen atoms in total. The molecule has 1 aromatic carbocycles. The first-order valence-electron chi connectivity index (χ1n) is 8.23. The average molecular weight is 308 g/mol. The van der Waals surface area contributed by atoms with E-state index in [1.165, 1.54) is 11.1 Å². The number of nitrogens with two attached hydrogens (primary N) is 1. The highest BCUT2D eigenvalue weighted by molar-refractivity contribution is 5.94. The van der Waals surface area contributed by atoms with E-state index >= 15 is 0 Å². The van der Waals surface area contributed by atoms with Crippen LogP contribution in [0.4, 0.5) is 0 Å². The van der Waals surface area contributed by atoms with Crippen LogP contribution in [0.15, 0.2) is 30.3 Å². The van der Waals surface area contributed by atoms with Crippen molar-refractivity contribution in [2.75, 3.05) is 6.61 Å². The molecule has 0 saturated carbocycles. The minimum Gasteiger partial charge on any atom is -0.493 e. The van der Waals surface area contributed by atoms with Gasteiger partial charge in [0.1, 0.15) is 5.75 Å². The molecular formula is C19H20N2O2. The quantitative estimate of drug-likeness (QED) is 0.947. The normalized spacial score (nSPS) is 18.9. The Balaban J connectivity index is 1.61. The summed E-state index contributed by atoms with van der Waals surface area (Å²) in [6, 6.07) is 10.1. The van der Waals surface area contributed by atoms with Crippen LogP contribution in [-0.4, -0.2) is 17.5 Å². The molecule has 2 aromatic rings. The number of aryl methyl sites for hydroxylation is 2. The summed E-state index contributed by atoms with van der Waals surface area (Å²) >= 11 is 0. The second-order valence-corrected chi connectivity index (χ2v) is 6.50. The fourth-order valence-corrected chi connectivity index (χ4v) is 3.68. The molecule has 0 bridgehead atoms. The zero-order chi connectivity index (χ0) is 15.8. The molecule has 0 saturated heterocycles. The number of para-hydroxylation sites is 1. The third-order valence-electron chi connectivity index (χ3n) is 4.83. The van der Waals surface area contributed by atoms with Gasteiger partial charge in [-0.1, -0.05) is 18.2 Å². The molecule has 118 valence electrons. The fourth-order valence-electron chi connectivity index (χ4n) is 3.68. The maximum Gasteiger partial charge on any atom is 0.250 e. The topological polar surface area (TPSA) is 65.2 Å². The number of benzene rings is 1. The highest BCUT2D eigenvalue weighted by atomic mass is 16.5.